The number of aliphatic imine (C=N–C) groups is 1. The van der Waals surface area contributed by atoms with E-state index in [1.807, 2.05) is 0 Å². The van der Waals surface area contributed by atoms with Gasteiger partial charge in [0, 0.05) is 0 Å². The van der Waals surface area contributed by atoms with Gasteiger partial charge in [-0.25, -0.2) is 4.99 Å². The smallest absolute Gasteiger partial charge is 0.291 e. The van der Waals surface area contributed by atoms with Crippen molar-refractivity contribution < 1.29 is 13.9 Å². The predicted octanol–water partition coefficient (Wildman–Crippen LogP) is 2.87. The van der Waals surface area contributed by atoms with E-state index in [9.17, 15) is 4.79 Å². The van der Waals surface area contributed by atoms with E-state index in [0.717, 1.165) is 0 Å². The highest BCUT2D eigenvalue weighted by Crippen LogP contribution is 2.14. The average Bonchev–Trinajstić information content (AvgIpc) is 2.97. The molecule has 0 bridgehead atoms. The van der Waals surface area contributed by atoms with E-state index in [-0.39, 0.29) is 18.5 Å². The molecule has 5 nitrogen and oxygen atoms in total. The van der Waals surface area contributed by atoms with Gasteiger partial charge in [-0.2, -0.15) is 0 Å². The molecule has 0 unspecified atom stereocenters. The fourth-order valence-electron chi connectivity index (χ4n) is 1.52. The van der Waals surface area contributed by atoms with Crippen LogP contribution < -0.4 is 5.32 Å². The molecule has 104 valence electrons. The first-order valence-electron chi connectivity index (χ1n) is 5.87. The minimum Gasteiger partial charge on any atom is -0.468 e. The molecule has 1 aromatic carbocycles. The minimum absolute atomic E-state index is 0.103. The third kappa shape index (κ3) is 3.61. The molecule has 20 heavy (non-hydrogen) atoms. The number of ether oxygens (including phenoxy) is 1. The summed E-state index contributed by atoms with van der Waals surface area (Å²) in [6.07, 6.45) is 1.56. The molecule has 1 N–H and O–H groups in total. The van der Waals surface area contributed by atoms with Crippen LogP contribution >= 0.6 is 11.6 Å². The zero-order chi connectivity index (χ0) is 14.4. The maximum atomic E-state index is 12.0. The summed E-state index contributed by atoms with van der Waals surface area (Å²) < 4.78 is 10.2. The van der Waals surface area contributed by atoms with Crippen LogP contribution in [-0.4, -0.2) is 19.0 Å². The highest BCUT2D eigenvalue weighted by molar-refractivity contribution is 6.34. The van der Waals surface area contributed by atoms with Crippen LogP contribution in [0, 0.1) is 0 Å². The van der Waals surface area contributed by atoms with Crippen molar-refractivity contribution in [3.05, 3.63) is 59.0 Å². The number of nitrogens with one attached hydrogen (secondary N) is 1. The number of benzene rings is 1. The highest BCUT2D eigenvalue weighted by atomic mass is 35.5. The highest BCUT2D eigenvalue weighted by Gasteiger charge is 2.12. The van der Waals surface area contributed by atoms with E-state index >= 15 is 0 Å². The number of methoxy groups -OCH3 is 1. The van der Waals surface area contributed by atoms with Gasteiger partial charge in [0.05, 0.1) is 24.0 Å². The first-order valence-corrected chi connectivity index (χ1v) is 6.25. The van der Waals surface area contributed by atoms with Gasteiger partial charge in [-0.05, 0) is 24.3 Å². The third-order valence-corrected chi connectivity index (χ3v) is 2.82. The van der Waals surface area contributed by atoms with E-state index in [4.69, 9.17) is 20.8 Å². The number of carbonyl (C=O) groups excluding carboxylic acids is 1. The fraction of sp³-hybridized carbons (Fsp3) is 0.143. The van der Waals surface area contributed by atoms with Gasteiger partial charge >= 0.3 is 0 Å². The van der Waals surface area contributed by atoms with E-state index in [1.54, 1.807) is 42.7 Å². The maximum absolute atomic E-state index is 12.0. The Kier molecular flexibility index (Phi) is 4.79. The van der Waals surface area contributed by atoms with Gasteiger partial charge in [-0.15, -0.1) is 0 Å². The van der Waals surface area contributed by atoms with Crippen molar-refractivity contribution in [2.24, 2.45) is 4.99 Å². The van der Waals surface area contributed by atoms with Gasteiger partial charge in [-0.1, -0.05) is 23.7 Å². The molecule has 0 atom stereocenters. The lowest BCUT2D eigenvalue weighted by Crippen LogP contribution is -2.32. The number of carbonyl (C=O) groups is 1. The van der Waals surface area contributed by atoms with Gasteiger partial charge in [0.2, 0.25) is 0 Å². The van der Waals surface area contributed by atoms with Crippen molar-refractivity contribution in [2.45, 2.75) is 6.54 Å². The lowest BCUT2D eigenvalue weighted by molar-refractivity contribution is 0.0968. The number of nitrogens with zero attached hydrogens (tertiary/aromatic N) is 1. The lowest BCUT2D eigenvalue weighted by atomic mass is 10.2. The summed E-state index contributed by atoms with van der Waals surface area (Å²) in [6.45, 7) is 0.277. The summed E-state index contributed by atoms with van der Waals surface area (Å²) in [6, 6.07) is 10.4. The molecule has 0 radical (unpaired) electrons. The molecule has 0 aliphatic heterocycles. The minimum atomic E-state index is -0.379. The Labute approximate surface area is 121 Å². The summed E-state index contributed by atoms with van der Waals surface area (Å²) in [7, 11) is 1.42. The molecule has 0 saturated heterocycles. The van der Waals surface area contributed by atoms with Gasteiger partial charge in [0.25, 0.3) is 11.9 Å². The van der Waals surface area contributed by atoms with Crippen LogP contribution in [0.25, 0.3) is 0 Å². The van der Waals surface area contributed by atoms with E-state index in [2.05, 4.69) is 10.3 Å². The monoisotopic (exact) mass is 292 g/mol. The Morgan fingerprint density at radius 3 is 2.80 bits per heavy atom. The first kappa shape index (κ1) is 14.1. The van der Waals surface area contributed by atoms with Crippen LogP contribution in [0.1, 0.15) is 16.1 Å². The lowest BCUT2D eigenvalue weighted by Gasteiger charge is -2.07. The van der Waals surface area contributed by atoms with Crippen molar-refractivity contribution in [1.82, 2.24) is 5.32 Å². The summed E-state index contributed by atoms with van der Waals surface area (Å²) in [5.74, 6) is 0.294. The van der Waals surface area contributed by atoms with Gasteiger partial charge in [0.15, 0.2) is 0 Å². The molecule has 6 heteroatoms. The quantitative estimate of drug-likeness (QED) is 0.699. The molecule has 0 fully saturated rings. The molecule has 1 aromatic heterocycles. The largest absolute Gasteiger partial charge is 0.468 e. The van der Waals surface area contributed by atoms with Gasteiger partial charge < -0.3 is 9.15 Å². The third-order valence-electron chi connectivity index (χ3n) is 2.49. The van der Waals surface area contributed by atoms with Crippen LogP contribution in [0.5, 0.6) is 0 Å². The molecule has 0 saturated carbocycles. The summed E-state index contributed by atoms with van der Waals surface area (Å²) >= 11 is 5.95. The Balaban J connectivity index is 2.04. The van der Waals surface area contributed by atoms with Crippen molar-refractivity contribution in [3.63, 3.8) is 0 Å². The van der Waals surface area contributed by atoms with Crippen molar-refractivity contribution in [1.29, 1.82) is 0 Å². The molecular formula is C14H13ClN2O3. The Morgan fingerprint density at radius 2 is 2.15 bits per heavy atom. The summed E-state index contributed by atoms with van der Waals surface area (Å²) in [5, 5.41) is 2.92. The maximum Gasteiger partial charge on any atom is 0.291 e. The second-order valence-electron chi connectivity index (χ2n) is 3.84. The number of rotatable bonds is 3. The molecule has 2 aromatic rings. The van der Waals surface area contributed by atoms with E-state index < -0.39 is 0 Å². The molecule has 1 amide bonds. The van der Waals surface area contributed by atoms with Crippen LogP contribution in [0.4, 0.5) is 0 Å². The van der Waals surface area contributed by atoms with Crippen molar-refractivity contribution in [2.75, 3.05) is 7.11 Å². The summed E-state index contributed by atoms with van der Waals surface area (Å²) in [4.78, 5) is 16.1. The summed E-state index contributed by atoms with van der Waals surface area (Å²) in [5.41, 5.74) is 0.358. The molecule has 2 rings (SSSR count). The zero-order valence-corrected chi connectivity index (χ0v) is 11.6. The standard InChI is InChI=1S/C14H13ClN2O3/c1-19-14(16-9-10-5-4-8-20-10)17-13(18)11-6-2-3-7-12(11)15/h2-8H,9H2,1H3,(H,16,17,18). The number of hydrogen-bond acceptors (Lipinski definition) is 4. The number of halogens is 1. The molecule has 0 aliphatic rings. The number of hydrogen-bond donors (Lipinski definition) is 1. The van der Waals surface area contributed by atoms with Gasteiger partial charge in [-0.3, -0.25) is 10.1 Å². The van der Waals surface area contributed by atoms with Gasteiger partial charge in [0.1, 0.15) is 12.3 Å². The number of amidine groups is 1. The Bertz CT molecular complexity index is 609. The number of furan rings is 1. The fourth-order valence-corrected chi connectivity index (χ4v) is 1.74. The van der Waals surface area contributed by atoms with Crippen LogP contribution in [-0.2, 0) is 11.3 Å². The topological polar surface area (TPSA) is 63.8 Å². The molecule has 0 aliphatic carbocycles. The molecule has 0 spiro atoms. The average molecular weight is 293 g/mol. The second kappa shape index (κ2) is 6.77. The molecule has 1 heterocycles. The van der Waals surface area contributed by atoms with E-state index in [0.29, 0.717) is 16.3 Å². The van der Waals surface area contributed by atoms with Crippen LogP contribution in [0.15, 0.2) is 52.1 Å². The SMILES string of the molecule is COC(=NCc1ccco1)NC(=O)c1ccccc1Cl. The second-order valence-corrected chi connectivity index (χ2v) is 4.25. The molecular weight excluding hydrogens is 280 g/mol. The normalized spacial score (nSPS) is 11.2. The Morgan fingerprint density at radius 1 is 1.35 bits per heavy atom. The zero-order valence-electron chi connectivity index (χ0n) is 10.8. The van der Waals surface area contributed by atoms with Crippen LogP contribution in [0.2, 0.25) is 5.02 Å². The predicted molar refractivity (Wildman–Crippen MR) is 75.8 cm³/mol. The first-order chi connectivity index (χ1) is 9.70. The number of amides is 1. The van der Waals surface area contributed by atoms with E-state index in [1.165, 1.54) is 7.11 Å². The Hall–Kier alpha value is -2.27. The van der Waals surface area contributed by atoms with Crippen molar-refractivity contribution >= 4 is 23.5 Å². The van der Waals surface area contributed by atoms with Crippen LogP contribution in [0.3, 0.4) is 0 Å². The van der Waals surface area contributed by atoms with Crippen molar-refractivity contribution in [3.8, 4) is 0 Å².